The predicted octanol–water partition coefficient (Wildman–Crippen LogP) is 1.80. The molecule has 110 valence electrons. The summed E-state index contributed by atoms with van der Waals surface area (Å²) in [6, 6.07) is 0. The monoisotopic (exact) mass is 319 g/mol. The van der Waals surface area contributed by atoms with Gasteiger partial charge in [0.25, 0.3) is 5.96 Å². The maximum atomic E-state index is 10.7. The third-order valence-corrected chi connectivity index (χ3v) is 3.88. The number of ether oxygens (including phenoxy) is 1. The number of nitrogens with zero attached hydrogens (tertiary/aromatic N) is 5. The fourth-order valence-electron chi connectivity index (χ4n) is 1.94. The van der Waals surface area contributed by atoms with Crippen LogP contribution in [0.5, 0.6) is 0 Å². The third kappa shape index (κ3) is 3.35. The summed E-state index contributed by atoms with van der Waals surface area (Å²) in [5, 5.41) is 13.5. The van der Waals surface area contributed by atoms with Crippen molar-refractivity contribution in [3.63, 3.8) is 0 Å². The number of thiazole rings is 1. The van der Waals surface area contributed by atoms with Crippen molar-refractivity contribution < 1.29 is 9.77 Å². The van der Waals surface area contributed by atoms with Crippen molar-refractivity contribution in [1.29, 1.82) is 0 Å². The Hall–Kier alpha value is -1.45. The highest BCUT2D eigenvalue weighted by Crippen LogP contribution is 2.23. The molecule has 0 radical (unpaired) electrons. The zero-order chi connectivity index (χ0) is 14.7. The summed E-state index contributed by atoms with van der Waals surface area (Å²) in [6.07, 6.45) is 2.08. The van der Waals surface area contributed by atoms with Crippen molar-refractivity contribution >= 4 is 28.9 Å². The van der Waals surface area contributed by atoms with Crippen LogP contribution in [0.4, 0.5) is 0 Å². The lowest BCUT2D eigenvalue weighted by molar-refractivity contribution is -0.487. The lowest BCUT2D eigenvalue weighted by atomic mass is 10.3. The van der Waals surface area contributed by atoms with E-state index in [9.17, 15) is 10.1 Å². The normalized spacial score (nSPS) is 21.6. The molecule has 0 aliphatic carbocycles. The molecule has 1 saturated heterocycles. The highest BCUT2D eigenvalue weighted by atomic mass is 35.5. The van der Waals surface area contributed by atoms with E-state index in [4.69, 9.17) is 16.3 Å². The van der Waals surface area contributed by atoms with Crippen LogP contribution >= 0.6 is 22.9 Å². The van der Waals surface area contributed by atoms with Crippen LogP contribution in [0.1, 0.15) is 18.2 Å². The zero-order valence-corrected chi connectivity index (χ0v) is 12.6. The number of hydrogen-bond acceptors (Lipinski definition) is 5. The van der Waals surface area contributed by atoms with Crippen molar-refractivity contribution in [2.75, 3.05) is 13.8 Å². The molecule has 0 bridgehead atoms. The molecular formula is C10H14ClN5O3S. The Balaban J connectivity index is 2.27. The van der Waals surface area contributed by atoms with Gasteiger partial charge in [-0.3, -0.25) is 0 Å². The molecule has 1 aromatic heterocycles. The molecule has 1 aliphatic rings. The quantitative estimate of drug-likeness (QED) is 0.621. The Morgan fingerprint density at radius 1 is 1.75 bits per heavy atom. The minimum atomic E-state index is -0.698. The Labute approximate surface area is 124 Å². The van der Waals surface area contributed by atoms with E-state index < -0.39 is 5.03 Å². The Kier molecular flexibility index (Phi) is 4.73. The van der Waals surface area contributed by atoms with Crippen LogP contribution in [-0.2, 0) is 11.3 Å². The summed E-state index contributed by atoms with van der Waals surface area (Å²) in [5.41, 5.74) is 0. The minimum Gasteiger partial charge on any atom is -0.338 e. The molecular weight excluding hydrogens is 306 g/mol. The van der Waals surface area contributed by atoms with E-state index in [1.54, 1.807) is 23.0 Å². The second-order valence-corrected chi connectivity index (χ2v) is 5.90. The van der Waals surface area contributed by atoms with Crippen molar-refractivity contribution in [2.24, 2.45) is 5.10 Å². The highest BCUT2D eigenvalue weighted by Gasteiger charge is 2.32. The first-order valence-corrected chi connectivity index (χ1v) is 7.13. The molecule has 2 heterocycles. The first-order valence-electron chi connectivity index (χ1n) is 5.93. The lowest BCUT2D eigenvalue weighted by Crippen LogP contribution is -2.54. The molecule has 1 unspecified atom stereocenters. The van der Waals surface area contributed by atoms with Gasteiger partial charge < -0.3 is 14.5 Å². The van der Waals surface area contributed by atoms with E-state index in [0.29, 0.717) is 17.4 Å². The van der Waals surface area contributed by atoms with E-state index in [1.807, 2.05) is 6.92 Å². The first-order chi connectivity index (χ1) is 9.51. The van der Waals surface area contributed by atoms with E-state index in [1.165, 1.54) is 11.3 Å². The highest BCUT2D eigenvalue weighted by molar-refractivity contribution is 7.15. The summed E-state index contributed by atoms with van der Waals surface area (Å²) < 4.78 is 6.08. The number of hydrogen-bond donors (Lipinski definition) is 0. The molecule has 0 saturated carbocycles. The summed E-state index contributed by atoms with van der Waals surface area (Å²) in [4.78, 5) is 18.9. The lowest BCUT2D eigenvalue weighted by Gasteiger charge is -2.40. The maximum absolute atomic E-state index is 10.7. The van der Waals surface area contributed by atoms with Crippen LogP contribution in [-0.4, -0.2) is 45.8 Å². The Bertz CT molecular complexity index is 523. The fourth-order valence-corrected chi connectivity index (χ4v) is 2.91. The topological polar surface area (TPSA) is 84.1 Å². The van der Waals surface area contributed by atoms with E-state index >= 15 is 0 Å². The molecule has 8 nitrogen and oxygen atoms in total. The van der Waals surface area contributed by atoms with Gasteiger partial charge in [0, 0.05) is 18.1 Å². The van der Waals surface area contributed by atoms with Crippen molar-refractivity contribution in [3.05, 3.63) is 25.7 Å². The third-order valence-electron chi connectivity index (χ3n) is 2.78. The molecule has 1 fully saturated rings. The molecule has 20 heavy (non-hydrogen) atoms. The van der Waals surface area contributed by atoms with Gasteiger partial charge in [0.2, 0.25) is 0 Å². The smallest absolute Gasteiger partial charge is 0.277 e. The maximum Gasteiger partial charge on any atom is 0.277 e. The number of halogens is 1. The van der Waals surface area contributed by atoms with Crippen LogP contribution in [0.3, 0.4) is 0 Å². The summed E-state index contributed by atoms with van der Waals surface area (Å²) in [5.74, 6) is 0.276. The van der Waals surface area contributed by atoms with Gasteiger partial charge in [-0.1, -0.05) is 18.5 Å². The van der Waals surface area contributed by atoms with Gasteiger partial charge in [0.1, 0.15) is 18.1 Å². The zero-order valence-electron chi connectivity index (χ0n) is 11.0. The van der Waals surface area contributed by atoms with Crippen LogP contribution in [0.15, 0.2) is 11.3 Å². The standard InChI is InChI=1S/C10H14ClN5O3S/c1-3-8-15(5-7-4-12-9(11)20-7)10(13-16(17)18)14(2)6-19-8/h4,8H,3,5-6H2,1-2H3. The van der Waals surface area contributed by atoms with E-state index in [-0.39, 0.29) is 18.9 Å². The van der Waals surface area contributed by atoms with Crippen LogP contribution in [0.25, 0.3) is 0 Å². The summed E-state index contributed by atoms with van der Waals surface area (Å²) in [7, 11) is 1.70. The molecule has 1 atom stereocenters. The second-order valence-electron chi connectivity index (χ2n) is 4.20. The van der Waals surface area contributed by atoms with Gasteiger partial charge in [-0.25, -0.2) is 15.1 Å². The first kappa shape index (κ1) is 14.9. The van der Waals surface area contributed by atoms with E-state index in [2.05, 4.69) is 10.1 Å². The average Bonchev–Trinajstić information content (AvgIpc) is 2.79. The minimum absolute atomic E-state index is 0.259. The van der Waals surface area contributed by atoms with Crippen molar-refractivity contribution in [3.8, 4) is 0 Å². The van der Waals surface area contributed by atoms with Crippen molar-refractivity contribution in [2.45, 2.75) is 26.1 Å². The molecule has 10 heteroatoms. The van der Waals surface area contributed by atoms with E-state index in [0.717, 1.165) is 4.88 Å². The molecule has 1 aromatic rings. The molecule has 0 amide bonds. The Morgan fingerprint density at radius 2 is 2.50 bits per heavy atom. The fraction of sp³-hybridized carbons (Fsp3) is 0.600. The number of hydrazone groups is 1. The molecule has 0 N–H and O–H groups in total. The SMILES string of the molecule is CCC1OCN(C)C(=N[N+](=O)[O-])N1Cc1cnc(Cl)s1. The van der Waals surface area contributed by atoms with Gasteiger partial charge in [0.05, 0.1) is 6.54 Å². The van der Waals surface area contributed by atoms with Crippen LogP contribution < -0.4 is 0 Å². The number of aromatic nitrogens is 1. The van der Waals surface area contributed by atoms with Gasteiger partial charge in [-0.15, -0.1) is 11.3 Å². The van der Waals surface area contributed by atoms with Crippen molar-refractivity contribution in [1.82, 2.24) is 14.8 Å². The number of rotatable bonds is 4. The molecule has 0 spiro atoms. The van der Waals surface area contributed by atoms with Gasteiger partial charge >= 0.3 is 0 Å². The van der Waals surface area contributed by atoms with Gasteiger partial charge in [-0.2, -0.15) is 0 Å². The average molecular weight is 320 g/mol. The largest absolute Gasteiger partial charge is 0.338 e. The molecule has 1 aliphatic heterocycles. The number of nitro groups is 1. The summed E-state index contributed by atoms with van der Waals surface area (Å²) in [6.45, 7) is 2.64. The van der Waals surface area contributed by atoms with Gasteiger partial charge in [0.15, 0.2) is 9.50 Å². The summed E-state index contributed by atoms with van der Waals surface area (Å²) >= 11 is 7.14. The van der Waals surface area contributed by atoms with Gasteiger partial charge in [-0.05, 0) is 6.42 Å². The number of guanidine groups is 1. The second kappa shape index (κ2) is 6.33. The Morgan fingerprint density at radius 3 is 3.05 bits per heavy atom. The predicted molar refractivity (Wildman–Crippen MR) is 74.9 cm³/mol. The molecule has 2 rings (SSSR count). The molecule has 0 aromatic carbocycles. The van der Waals surface area contributed by atoms with Crippen LogP contribution in [0.2, 0.25) is 4.47 Å². The van der Waals surface area contributed by atoms with Crippen LogP contribution in [0, 0.1) is 10.1 Å².